The van der Waals surface area contributed by atoms with Crippen molar-refractivity contribution in [1.29, 1.82) is 0 Å². The third-order valence-corrected chi connectivity index (χ3v) is 3.34. The Bertz CT molecular complexity index is 504. The predicted octanol–water partition coefficient (Wildman–Crippen LogP) is 4.00. The monoisotopic (exact) mass is 251 g/mol. The van der Waals surface area contributed by atoms with E-state index in [0.29, 0.717) is 5.92 Å². The van der Waals surface area contributed by atoms with E-state index in [0.717, 1.165) is 34.6 Å². The van der Waals surface area contributed by atoms with Crippen molar-refractivity contribution in [3.05, 3.63) is 35.0 Å². The van der Waals surface area contributed by atoms with Gasteiger partial charge >= 0.3 is 0 Å². The van der Waals surface area contributed by atoms with Crippen molar-refractivity contribution in [3.8, 4) is 0 Å². The van der Waals surface area contributed by atoms with Crippen LogP contribution < -0.4 is 5.73 Å². The van der Waals surface area contributed by atoms with Gasteiger partial charge in [-0.15, -0.1) is 0 Å². The average molecular weight is 252 g/mol. The SMILES string of the molecule is CC(C)C(N)CCc1cc2cc(Cl)ccc2o1. The molecule has 0 amide bonds. The lowest BCUT2D eigenvalue weighted by atomic mass is 10.00. The second-order valence-corrected chi connectivity index (χ2v) is 5.28. The summed E-state index contributed by atoms with van der Waals surface area (Å²) in [4.78, 5) is 0. The number of benzene rings is 1. The number of furan rings is 1. The first kappa shape index (κ1) is 12.5. The standard InChI is InChI=1S/C14H18ClNO/c1-9(2)13(16)5-4-12-8-10-7-11(15)3-6-14(10)17-12/h3,6-9,13H,4-5,16H2,1-2H3. The highest BCUT2D eigenvalue weighted by molar-refractivity contribution is 6.31. The summed E-state index contributed by atoms with van der Waals surface area (Å²) < 4.78 is 5.74. The summed E-state index contributed by atoms with van der Waals surface area (Å²) in [5.74, 6) is 1.49. The zero-order valence-corrected chi connectivity index (χ0v) is 11.0. The van der Waals surface area contributed by atoms with Crippen LogP contribution in [0.15, 0.2) is 28.7 Å². The van der Waals surface area contributed by atoms with Crippen molar-refractivity contribution in [1.82, 2.24) is 0 Å². The average Bonchev–Trinajstić information content (AvgIpc) is 2.67. The number of hydrogen-bond acceptors (Lipinski definition) is 2. The highest BCUT2D eigenvalue weighted by atomic mass is 35.5. The quantitative estimate of drug-likeness (QED) is 0.892. The van der Waals surface area contributed by atoms with E-state index < -0.39 is 0 Å². The fraction of sp³-hybridized carbons (Fsp3) is 0.429. The molecule has 0 fully saturated rings. The molecule has 2 N–H and O–H groups in total. The number of rotatable bonds is 4. The Labute approximate surface area is 107 Å². The molecule has 0 aliphatic carbocycles. The van der Waals surface area contributed by atoms with Crippen LogP contribution in [0.5, 0.6) is 0 Å². The highest BCUT2D eigenvalue weighted by Crippen LogP contribution is 2.24. The molecule has 1 aromatic carbocycles. The van der Waals surface area contributed by atoms with E-state index in [9.17, 15) is 0 Å². The Morgan fingerprint density at radius 1 is 1.29 bits per heavy atom. The molecular formula is C14H18ClNO. The summed E-state index contributed by atoms with van der Waals surface area (Å²) in [6.07, 6.45) is 1.83. The maximum atomic E-state index is 6.02. The number of fused-ring (bicyclic) bond motifs is 1. The maximum Gasteiger partial charge on any atom is 0.134 e. The van der Waals surface area contributed by atoms with Crippen LogP contribution in [0.2, 0.25) is 5.02 Å². The normalized spacial score (nSPS) is 13.5. The van der Waals surface area contributed by atoms with Crippen LogP contribution in [0.1, 0.15) is 26.0 Å². The molecule has 17 heavy (non-hydrogen) atoms. The molecule has 0 bridgehead atoms. The van der Waals surface area contributed by atoms with Gasteiger partial charge in [-0.05, 0) is 36.6 Å². The van der Waals surface area contributed by atoms with Gasteiger partial charge in [0.05, 0.1) is 0 Å². The fourth-order valence-electron chi connectivity index (χ4n) is 1.83. The van der Waals surface area contributed by atoms with Crippen molar-refractivity contribution in [2.45, 2.75) is 32.7 Å². The molecule has 2 rings (SSSR count). The predicted molar refractivity (Wildman–Crippen MR) is 72.4 cm³/mol. The van der Waals surface area contributed by atoms with Crippen LogP contribution in [-0.2, 0) is 6.42 Å². The van der Waals surface area contributed by atoms with Crippen molar-refractivity contribution < 1.29 is 4.42 Å². The molecule has 2 nitrogen and oxygen atoms in total. The van der Waals surface area contributed by atoms with Crippen molar-refractivity contribution in [3.63, 3.8) is 0 Å². The van der Waals surface area contributed by atoms with Crippen molar-refractivity contribution >= 4 is 22.6 Å². The van der Waals surface area contributed by atoms with E-state index in [4.69, 9.17) is 21.8 Å². The molecule has 0 saturated carbocycles. The highest BCUT2D eigenvalue weighted by Gasteiger charge is 2.10. The van der Waals surface area contributed by atoms with Gasteiger partial charge < -0.3 is 10.2 Å². The van der Waals surface area contributed by atoms with Gasteiger partial charge in [0.15, 0.2) is 0 Å². The van der Waals surface area contributed by atoms with E-state index in [2.05, 4.69) is 13.8 Å². The molecule has 1 unspecified atom stereocenters. The summed E-state index contributed by atoms with van der Waals surface area (Å²) in [6.45, 7) is 4.28. The number of aryl methyl sites for hydroxylation is 1. The Kier molecular flexibility index (Phi) is 3.75. The van der Waals surface area contributed by atoms with Gasteiger partial charge in [0.2, 0.25) is 0 Å². The minimum absolute atomic E-state index is 0.229. The van der Waals surface area contributed by atoms with Crippen LogP contribution in [-0.4, -0.2) is 6.04 Å². The van der Waals surface area contributed by atoms with Crippen LogP contribution in [0.4, 0.5) is 0 Å². The van der Waals surface area contributed by atoms with Crippen LogP contribution in [0.3, 0.4) is 0 Å². The number of halogens is 1. The van der Waals surface area contributed by atoms with Gasteiger partial charge in [-0.25, -0.2) is 0 Å². The first-order valence-electron chi connectivity index (χ1n) is 6.00. The Morgan fingerprint density at radius 2 is 2.06 bits per heavy atom. The molecule has 1 heterocycles. The Hall–Kier alpha value is -0.990. The molecule has 0 radical (unpaired) electrons. The summed E-state index contributed by atoms with van der Waals surface area (Å²) >= 11 is 5.94. The Balaban J connectivity index is 2.09. The van der Waals surface area contributed by atoms with Gasteiger partial charge in [0.1, 0.15) is 11.3 Å². The van der Waals surface area contributed by atoms with E-state index in [1.54, 1.807) is 0 Å². The number of nitrogens with two attached hydrogens (primary N) is 1. The minimum atomic E-state index is 0.229. The summed E-state index contributed by atoms with van der Waals surface area (Å²) in [7, 11) is 0. The molecule has 2 aromatic rings. The first-order valence-corrected chi connectivity index (χ1v) is 6.37. The van der Waals surface area contributed by atoms with Crippen molar-refractivity contribution in [2.24, 2.45) is 11.7 Å². The molecule has 0 aliphatic rings. The summed E-state index contributed by atoms with van der Waals surface area (Å²) in [6, 6.07) is 7.95. The van der Waals surface area contributed by atoms with Crippen LogP contribution >= 0.6 is 11.6 Å². The fourth-order valence-corrected chi connectivity index (χ4v) is 2.02. The van der Waals surface area contributed by atoms with Gasteiger partial charge in [-0.3, -0.25) is 0 Å². The summed E-state index contributed by atoms with van der Waals surface area (Å²) in [5.41, 5.74) is 6.91. The third kappa shape index (κ3) is 3.02. The van der Waals surface area contributed by atoms with Crippen LogP contribution in [0.25, 0.3) is 11.0 Å². The lowest BCUT2D eigenvalue weighted by molar-refractivity contribution is 0.441. The molecule has 1 atom stereocenters. The van der Waals surface area contributed by atoms with E-state index in [1.807, 2.05) is 24.3 Å². The first-order chi connectivity index (χ1) is 8.06. The number of hydrogen-bond donors (Lipinski definition) is 1. The maximum absolute atomic E-state index is 6.02. The van der Waals surface area contributed by atoms with Gasteiger partial charge in [0, 0.05) is 22.9 Å². The molecule has 3 heteroatoms. The molecule has 0 aliphatic heterocycles. The largest absolute Gasteiger partial charge is 0.461 e. The molecule has 0 saturated heterocycles. The molecular weight excluding hydrogens is 234 g/mol. The second kappa shape index (κ2) is 5.11. The topological polar surface area (TPSA) is 39.2 Å². The van der Waals surface area contributed by atoms with E-state index in [-0.39, 0.29) is 6.04 Å². The molecule has 0 spiro atoms. The smallest absolute Gasteiger partial charge is 0.134 e. The molecule has 1 aromatic heterocycles. The second-order valence-electron chi connectivity index (χ2n) is 4.84. The minimum Gasteiger partial charge on any atom is -0.461 e. The van der Waals surface area contributed by atoms with Gasteiger partial charge in [0.25, 0.3) is 0 Å². The zero-order valence-electron chi connectivity index (χ0n) is 10.2. The van der Waals surface area contributed by atoms with E-state index >= 15 is 0 Å². The summed E-state index contributed by atoms with van der Waals surface area (Å²) in [5, 5.41) is 1.80. The van der Waals surface area contributed by atoms with Gasteiger partial charge in [-0.1, -0.05) is 25.4 Å². The lowest BCUT2D eigenvalue weighted by Gasteiger charge is -2.13. The molecule has 92 valence electrons. The Morgan fingerprint density at radius 3 is 2.76 bits per heavy atom. The van der Waals surface area contributed by atoms with Crippen molar-refractivity contribution in [2.75, 3.05) is 0 Å². The lowest BCUT2D eigenvalue weighted by Crippen LogP contribution is -2.26. The third-order valence-electron chi connectivity index (χ3n) is 3.11. The van der Waals surface area contributed by atoms with Gasteiger partial charge in [-0.2, -0.15) is 0 Å². The van der Waals surface area contributed by atoms with E-state index in [1.165, 1.54) is 0 Å². The van der Waals surface area contributed by atoms with Crippen LogP contribution in [0, 0.1) is 5.92 Å². The zero-order chi connectivity index (χ0) is 12.4.